The van der Waals surface area contributed by atoms with Gasteiger partial charge in [-0.25, -0.2) is 0 Å². The Morgan fingerprint density at radius 1 is 1.27 bits per heavy atom. The summed E-state index contributed by atoms with van der Waals surface area (Å²) in [5.74, 6) is 0.820. The van der Waals surface area contributed by atoms with Gasteiger partial charge in [0.05, 0.1) is 19.3 Å². The van der Waals surface area contributed by atoms with E-state index >= 15 is 0 Å². The summed E-state index contributed by atoms with van der Waals surface area (Å²) in [6.07, 6.45) is 0.914. The molecule has 0 saturated carbocycles. The second-order valence-electron chi connectivity index (χ2n) is 3.45. The van der Waals surface area contributed by atoms with Gasteiger partial charge >= 0.3 is 0 Å². The minimum Gasteiger partial charge on any atom is -0.496 e. The third kappa shape index (κ3) is 2.70. The smallest absolute Gasteiger partial charge is 0.123 e. The fourth-order valence-corrected chi connectivity index (χ4v) is 1.71. The van der Waals surface area contributed by atoms with E-state index in [1.54, 1.807) is 14.2 Å². The average molecular weight is 209 g/mol. The summed E-state index contributed by atoms with van der Waals surface area (Å²) in [7, 11) is 3.34. The van der Waals surface area contributed by atoms with Crippen LogP contribution in [0.4, 0.5) is 0 Å². The maximum Gasteiger partial charge on any atom is 0.123 e. The van der Waals surface area contributed by atoms with Crippen molar-refractivity contribution in [2.24, 2.45) is 5.73 Å². The Morgan fingerprint density at radius 3 is 2.47 bits per heavy atom. The minimum absolute atomic E-state index is 0.0290. The Hall–Kier alpha value is -1.06. The van der Waals surface area contributed by atoms with Crippen molar-refractivity contribution in [2.75, 3.05) is 14.2 Å². The van der Waals surface area contributed by atoms with Crippen molar-refractivity contribution in [3.63, 3.8) is 0 Å². The zero-order chi connectivity index (χ0) is 11.3. The molecule has 84 valence electrons. The largest absolute Gasteiger partial charge is 0.496 e. The fourth-order valence-electron chi connectivity index (χ4n) is 1.71. The van der Waals surface area contributed by atoms with E-state index in [0.717, 1.165) is 17.7 Å². The van der Waals surface area contributed by atoms with Crippen LogP contribution in [0.5, 0.6) is 5.75 Å². The van der Waals surface area contributed by atoms with E-state index in [0.29, 0.717) is 0 Å². The maximum absolute atomic E-state index is 6.13. The van der Waals surface area contributed by atoms with E-state index in [2.05, 4.69) is 6.92 Å². The maximum atomic E-state index is 6.13. The van der Waals surface area contributed by atoms with Crippen LogP contribution in [0, 0.1) is 0 Å². The molecule has 15 heavy (non-hydrogen) atoms. The van der Waals surface area contributed by atoms with E-state index in [1.807, 2.05) is 24.3 Å². The number of benzene rings is 1. The van der Waals surface area contributed by atoms with Gasteiger partial charge in [-0.2, -0.15) is 0 Å². The SMILES string of the molecule is CCC(OC)C(N)c1ccccc1OC. The Labute approximate surface area is 91.2 Å². The molecule has 2 atom stereocenters. The summed E-state index contributed by atoms with van der Waals surface area (Å²) in [4.78, 5) is 0. The molecule has 0 aliphatic carbocycles. The second kappa shape index (κ2) is 5.73. The molecule has 0 bridgehead atoms. The van der Waals surface area contributed by atoms with Gasteiger partial charge in [-0.15, -0.1) is 0 Å². The predicted octanol–water partition coefficient (Wildman–Crippen LogP) is 2.12. The highest BCUT2D eigenvalue weighted by Gasteiger charge is 2.19. The Kier molecular flexibility index (Phi) is 4.59. The van der Waals surface area contributed by atoms with Gasteiger partial charge in [0.25, 0.3) is 0 Å². The zero-order valence-electron chi connectivity index (χ0n) is 9.57. The Balaban J connectivity index is 2.93. The van der Waals surface area contributed by atoms with Crippen LogP contribution >= 0.6 is 0 Å². The van der Waals surface area contributed by atoms with Gasteiger partial charge in [0.2, 0.25) is 0 Å². The van der Waals surface area contributed by atoms with Crippen molar-refractivity contribution in [3.8, 4) is 5.75 Å². The summed E-state index contributed by atoms with van der Waals surface area (Å²) >= 11 is 0. The first-order chi connectivity index (χ1) is 7.24. The summed E-state index contributed by atoms with van der Waals surface area (Å²) < 4.78 is 10.6. The van der Waals surface area contributed by atoms with Gasteiger partial charge < -0.3 is 15.2 Å². The standard InChI is InChI=1S/C12H19NO2/c1-4-10(14-2)12(13)9-7-5-6-8-11(9)15-3/h5-8,10,12H,4,13H2,1-3H3. The van der Waals surface area contributed by atoms with Gasteiger partial charge in [-0.3, -0.25) is 0 Å². The first-order valence-electron chi connectivity index (χ1n) is 5.15. The van der Waals surface area contributed by atoms with Crippen molar-refractivity contribution in [2.45, 2.75) is 25.5 Å². The molecule has 1 aromatic carbocycles. The molecular formula is C12H19NO2. The summed E-state index contributed by atoms with van der Waals surface area (Å²) in [6, 6.07) is 7.64. The molecule has 3 nitrogen and oxygen atoms in total. The van der Waals surface area contributed by atoms with Crippen molar-refractivity contribution in [3.05, 3.63) is 29.8 Å². The fraction of sp³-hybridized carbons (Fsp3) is 0.500. The van der Waals surface area contributed by atoms with Crippen molar-refractivity contribution >= 4 is 0 Å². The number of hydrogen-bond acceptors (Lipinski definition) is 3. The van der Waals surface area contributed by atoms with Crippen LogP contribution in [0.3, 0.4) is 0 Å². The highest BCUT2D eigenvalue weighted by Crippen LogP contribution is 2.27. The molecule has 0 aliphatic heterocycles. The highest BCUT2D eigenvalue weighted by molar-refractivity contribution is 5.36. The lowest BCUT2D eigenvalue weighted by molar-refractivity contribution is 0.0764. The number of para-hydroxylation sites is 1. The monoisotopic (exact) mass is 209 g/mol. The van der Waals surface area contributed by atoms with Crippen LogP contribution in [-0.4, -0.2) is 20.3 Å². The van der Waals surface area contributed by atoms with Gasteiger partial charge in [0.1, 0.15) is 5.75 Å². The van der Waals surface area contributed by atoms with Crippen LogP contribution in [0.1, 0.15) is 24.9 Å². The molecule has 1 rings (SSSR count). The lowest BCUT2D eigenvalue weighted by atomic mass is 9.99. The second-order valence-corrected chi connectivity index (χ2v) is 3.45. The zero-order valence-corrected chi connectivity index (χ0v) is 9.57. The number of methoxy groups -OCH3 is 2. The lowest BCUT2D eigenvalue weighted by Crippen LogP contribution is -2.27. The van der Waals surface area contributed by atoms with Crippen molar-refractivity contribution in [1.82, 2.24) is 0 Å². The quantitative estimate of drug-likeness (QED) is 0.807. The molecule has 2 N–H and O–H groups in total. The van der Waals surface area contributed by atoms with Crippen LogP contribution in [-0.2, 0) is 4.74 Å². The molecule has 1 aromatic rings. The summed E-state index contributed by atoms with van der Waals surface area (Å²) in [5.41, 5.74) is 7.13. The summed E-state index contributed by atoms with van der Waals surface area (Å²) in [5, 5.41) is 0. The van der Waals surface area contributed by atoms with Gasteiger partial charge in [-0.05, 0) is 12.5 Å². The van der Waals surface area contributed by atoms with Crippen LogP contribution < -0.4 is 10.5 Å². The van der Waals surface area contributed by atoms with Crippen LogP contribution in [0.25, 0.3) is 0 Å². The van der Waals surface area contributed by atoms with E-state index < -0.39 is 0 Å². The number of nitrogens with two attached hydrogens (primary N) is 1. The highest BCUT2D eigenvalue weighted by atomic mass is 16.5. The third-order valence-corrected chi connectivity index (χ3v) is 2.60. The van der Waals surface area contributed by atoms with Crippen molar-refractivity contribution in [1.29, 1.82) is 0 Å². The van der Waals surface area contributed by atoms with Gasteiger partial charge in [-0.1, -0.05) is 25.1 Å². The number of hydrogen-bond donors (Lipinski definition) is 1. The first-order valence-corrected chi connectivity index (χ1v) is 5.15. The molecule has 0 spiro atoms. The van der Waals surface area contributed by atoms with Gasteiger partial charge in [0, 0.05) is 12.7 Å². The first kappa shape index (κ1) is 12.0. The molecule has 2 unspecified atom stereocenters. The van der Waals surface area contributed by atoms with E-state index in [-0.39, 0.29) is 12.1 Å². The molecule has 0 heterocycles. The van der Waals surface area contributed by atoms with Crippen LogP contribution in [0.15, 0.2) is 24.3 Å². The lowest BCUT2D eigenvalue weighted by Gasteiger charge is -2.23. The normalized spacial score (nSPS) is 14.7. The van der Waals surface area contributed by atoms with E-state index in [1.165, 1.54) is 0 Å². The Bertz CT molecular complexity index is 297. The van der Waals surface area contributed by atoms with Crippen molar-refractivity contribution < 1.29 is 9.47 Å². The molecule has 0 amide bonds. The third-order valence-electron chi connectivity index (χ3n) is 2.60. The summed E-state index contributed by atoms with van der Waals surface area (Å²) in [6.45, 7) is 2.06. The number of ether oxygens (including phenoxy) is 2. The minimum atomic E-state index is -0.142. The molecular weight excluding hydrogens is 190 g/mol. The number of rotatable bonds is 5. The molecule has 0 aliphatic rings. The topological polar surface area (TPSA) is 44.5 Å². The molecule has 3 heteroatoms. The Morgan fingerprint density at radius 2 is 1.93 bits per heavy atom. The average Bonchev–Trinajstić information content (AvgIpc) is 2.30. The van der Waals surface area contributed by atoms with Crippen LogP contribution in [0.2, 0.25) is 0 Å². The molecule has 0 radical (unpaired) electrons. The van der Waals surface area contributed by atoms with E-state index in [4.69, 9.17) is 15.2 Å². The van der Waals surface area contributed by atoms with E-state index in [9.17, 15) is 0 Å². The molecule has 0 aromatic heterocycles. The molecule has 0 fully saturated rings. The van der Waals surface area contributed by atoms with Gasteiger partial charge in [0.15, 0.2) is 0 Å². The predicted molar refractivity (Wildman–Crippen MR) is 61.0 cm³/mol. The molecule has 0 saturated heterocycles.